The van der Waals surface area contributed by atoms with E-state index in [1.54, 1.807) is 20.3 Å². The van der Waals surface area contributed by atoms with E-state index < -0.39 is 8.07 Å². The van der Waals surface area contributed by atoms with Crippen molar-refractivity contribution in [3.05, 3.63) is 17.7 Å². The molecule has 0 spiro atoms. The Bertz CT molecular complexity index is 394. The van der Waals surface area contributed by atoms with Crippen molar-refractivity contribution < 1.29 is 14.3 Å². The minimum absolute atomic E-state index is 0.603. The van der Waals surface area contributed by atoms with Crippen LogP contribution >= 0.6 is 0 Å². The third-order valence-electron chi connectivity index (χ3n) is 2.49. The third kappa shape index (κ3) is 2.44. The number of hydrogen-bond donors (Lipinski definition) is 0. The molecule has 0 unspecified atom stereocenters. The van der Waals surface area contributed by atoms with Crippen molar-refractivity contribution in [1.29, 1.82) is 0 Å². The summed E-state index contributed by atoms with van der Waals surface area (Å²) in [6, 6.07) is 3.67. The Labute approximate surface area is 97.4 Å². The fourth-order valence-corrected chi connectivity index (χ4v) is 3.20. The lowest BCUT2D eigenvalue weighted by molar-refractivity contribution is 0.112. The van der Waals surface area contributed by atoms with Crippen molar-refractivity contribution in [1.82, 2.24) is 0 Å². The molecule has 0 radical (unpaired) electrons. The zero-order valence-electron chi connectivity index (χ0n) is 10.5. The molecule has 0 aliphatic heterocycles. The number of rotatable bonds is 4. The van der Waals surface area contributed by atoms with Crippen LogP contribution in [0.1, 0.15) is 10.4 Å². The van der Waals surface area contributed by atoms with Crippen LogP contribution in [-0.4, -0.2) is 28.6 Å². The molecular formula is C12H18O3Si. The van der Waals surface area contributed by atoms with Gasteiger partial charge in [0.15, 0.2) is 11.5 Å². The van der Waals surface area contributed by atoms with Gasteiger partial charge in [-0.25, -0.2) is 0 Å². The van der Waals surface area contributed by atoms with Crippen LogP contribution < -0.4 is 14.7 Å². The SMILES string of the molecule is COc1cc(C=O)c([Si](C)(C)C)cc1OC. The predicted molar refractivity (Wildman–Crippen MR) is 67.9 cm³/mol. The molecule has 0 amide bonds. The molecule has 88 valence electrons. The van der Waals surface area contributed by atoms with E-state index in [1.165, 1.54) is 0 Å². The van der Waals surface area contributed by atoms with E-state index >= 15 is 0 Å². The summed E-state index contributed by atoms with van der Waals surface area (Å²) in [4.78, 5) is 11.1. The third-order valence-corrected chi connectivity index (χ3v) is 4.54. The van der Waals surface area contributed by atoms with E-state index in [2.05, 4.69) is 19.6 Å². The second-order valence-corrected chi connectivity index (χ2v) is 9.70. The largest absolute Gasteiger partial charge is 0.493 e. The minimum Gasteiger partial charge on any atom is -0.493 e. The highest BCUT2D eigenvalue weighted by molar-refractivity contribution is 6.89. The van der Waals surface area contributed by atoms with E-state index in [-0.39, 0.29) is 0 Å². The molecule has 0 aromatic heterocycles. The van der Waals surface area contributed by atoms with Crippen LogP contribution in [0, 0.1) is 0 Å². The first-order valence-electron chi connectivity index (χ1n) is 5.15. The number of aldehydes is 1. The second kappa shape index (κ2) is 4.70. The summed E-state index contributed by atoms with van der Waals surface area (Å²) in [5.41, 5.74) is 0.705. The lowest BCUT2D eigenvalue weighted by Gasteiger charge is -2.21. The monoisotopic (exact) mass is 238 g/mol. The van der Waals surface area contributed by atoms with Crippen molar-refractivity contribution in [3.63, 3.8) is 0 Å². The molecule has 0 heterocycles. The van der Waals surface area contributed by atoms with Gasteiger partial charge in [-0.15, -0.1) is 0 Å². The average Bonchev–Trinajstić information content (AvgIpc) is 2.25. The topological polar surface area (TPSA) is 35.5 Å². The van der Waals surface area contributed by atoms with Crippen molar-refractivity contribution in [2.24, 2.45) is 0 Å². The van der Waals surface area contributed by atoms with E-state index in [9.17, 15) is 4.79 Å². The Kier molecular flexibility index (Phi) is 3.75. The summed E-state index contributed by atoms with van der Waals surface area (Å²) >= 11 is 0. The quantitative estimate of drug-likeness (QED) is 0.595. The molecule has 1 aromatic carbocycles. The van der Waals surface area contributed by atoms with Gasteiger partial charge in [0.05, 0.1) is 22.3 Å². The molecule has 0 aliphatic rings. The molecule has 1 aromatic rings. The normalized spacial score (nSPS) is 11.1. The number of ether oxygens (including phenoxy) is 2. The Hall–Kier alpha value is -1.29. The van der Waals surface area contributed by atoms with Gasteiger partial charge in [-0.3, -0.25) is 4.79 Å². The molecule has 0 N–H and O–H groups in total. The molecule has 0 atom stereocenters. The number of carbonyl (C=O) groups excluding carboxylic acids is 1. The highest BCUT2D eigenvalue weighted by Gasteiger charge is 2.22. The maximum absolute atomic E-state index is 11.1. The van der Waals surface area contributed by atoms with Crippen LogP contribution in [0.15, 0.2) is 12.1 Å². The zero-order chi connectivity index (χ0) is 12.3. The first-order valence-corrected chi connectivity index (χ1v) is 8.65. The molecule has 0 fully saturated rings. The molecule has 16 heavy (non-hydrogen) atoms. The Morgan fingerprint density at radius 2 is 1.56 bits per heavy atom. The van der Waals surface area contributed by atoms with Gasteiger partial charge in [-0.1, -0.05) is 19.6 Å². The molecule has 1 rings (SSSR count). The number of hydrogen-bond acceptors (Lipinski definition) is 3. The zero-order valence-corrected chi connectivity index (χ0v) is 11.5. The predicted octanol–water partition coefficient (Wildman–Crippen LogP) is 2.06. The summed E-state index contributed by atoms with van der Waals surface area (Å²) in [5, 5.41) is 1.10. The highest BCUT2D eigenvalue weighted by atomic mass is 28.3. The van der Waals surface area contributed by atoms with Gasteiger partial charge in [-0.05, 0) is 17.3 Å². The van der Waals surface area contributed by atoms with Crippen LogP contribution in [0.2, 0.25) is 19.6 Å². The molecule has 0 saturated carbocycles. The molecule has 0 aliphatic carbocycles. The molecule has 4 heteroatoms. The standard InChI is InChI=1S/C12H18O3Si/c1-14-10-6-9(8-13)12(16(3,4)5)7-11(10)15-2/h6-8H,1-5H3. The number of benzene rings is 1. The van der Waals surface area contributed by atoms with E-state index in [0.717, 1.165) is 11.5 Å². The lowest BCUT2D eigenvalue weighted by atomic mass is 10.2. The summed E-state index contributed by atoms with van der Waals surface area (Å²) in [5.74, 6) is 1.29. The Morgan fingerprint density at radius 1 is 1.06 bits per heavy atom. The van der Waals surface area contributed by atoms with E-state index in [4.69, 9.17) is 9.47 Å². The second-order valence-electron chi connectivity index (χ2n) is 4.66. The summed E-state index contributed by atoms with van der Waals surface area (Å²) in [6.45, 7) is 6.59. The van der Waals surface area contributed by atoms with Crippen LogP contribution in [-0.2, 0) is 0 Å². The van der Waals surface area contributed by atoms with Gasteiger partial charge < -0.3 is 9.47 Å². The molecule has 0 saturated heterocycles. The molecular weight excluding hydrogens is 220 g/mol. The molecule has 0 bridgehead atoms. The van der Waals surface area contributed by atoms with Crippen LogP contribution in [0.4, 0.5) is 0 Å². The van der Waals surface area contributed by atoms with Crippen molar-refractivity contribution in [2.75, 3.05) is 14.2 Å². The van der Waals surface area contributed by atoms with Gasteiger partial charge in [0.25, 0.3) is 0 Å². The van der Waals surface area contributed by atoms with Crippen molar-refractivity contribution in [3.8, 4) is 11.5 Å². The van der Waals surface area contributed by atoms with Gasteiger partial charge in [0, 0.05) is 5.56 Å². The van der Waals surface area contributed by atoms with Gasteiger partial charge in [0.2, 0.25) is 0 Å². The average molecular weight is 238 g/mol. The fourth-order valence-electron chi connectivity index (χ4n) is 1.64. The first kappa shape index (κ1) is 12.8. The molecule has 3 nitrogen and oxygen atoms in total. The van der Waals surface area contributed by atoms with Crippen LogP contribution in [0.5, 0.6) is 11.5 Å². The van der Waals surface area contributed by atoms with Gasteiger partial charge >= 0.3 is 0 Å². The van der Waals surface area contributed by atoms with Crippen molar-refractivity contribution >= 4 is 19.5 Å². The first-order chi connectivity index (χ1) is 7.43. The van der Waals surface area contributed by atoms with Crippen molar-refractivity contribution in [2.45, 2.75) is 19.6 Å². The maximum Gasteiger partial charge on any atom is 0.161 e. The van der Waals surface area contributed by atoms with Gasteiger partial charge in [0.1, 0.15) is 6.29 Å². The number of carbonyl (C=O) groups is 1. The van der Waals surface area contributed by atoms with Crippen LogP contribution in [0.3, 0.4) is 0 Å². The van der Waals surface area contributed by atoms with E-state index in [0.29, 0.717) is 17.1 Å². The Balaban J connectivity index is 3.43. The minimum atomic E-state index is -1.55. The maximum atomic E-state index is 11.1. The summed E-state index contributed by atoms with van der Waals surface area (Å²) in [6.07, 6.45) is 0.884. The number of methoxy groups -OCH3 is 2. The van der Waals surface area contributed by atoms with Gasteiger partial charge in [-0.2, -0.15) is 0 Å². The highest BCUT2D eigenvalue weighted by Crippen LogP contribution is 2.27. The fraction of sp³-hybridized carbons (Fsp3) is 0.417. The van der Waals surface area contributed by atoms with E-state index in [1.807, 2.05) is 6.07 Å². The summed E-state index contributed by atoms with van der Waals surface area (Å²) in [7, 11) is 1.62. The lowest BCUT2D eigenvalue weighted by Crippen LogP contribution is -2.40. The Morgan fingerprint density at radius 3 is 1.94 bits per heavy atom. The smallest absolute Gasteiger partial charge is 0.161 e. The summed E-state index contributed by atoms with van der Waals surface area (Å²) < 4.78 is 10.4. The van der Waals surface area contributed by atoms with Crippen LogP contribution in [0.25, 0.3) is 0 Å².